The third-order valence-corrected chi connectivity index (χ3v) is 3.71. The molecule has 0 aromatic carbocycles. The van der Waals surface area contributed by atoms with Gasteiger partial charge in [0.1, 0.15) is 5.82 Å². The SMILES string of the molecule is CCCNc1cc(COC)nc(-c2sccc2C)n1. The topological polar surface area (TPSA) is 47.0 Å². The molecule has 0 aliphatic rings. The minimum Gasteiger partial charge on any atom is -0.378 e. The molecule has 2 heterocycles. The monoisotopic (exact) mass is 277 g/mol. The van der Waals surface area contributed by atoms with Gasteiger partial charge in [0.2, 0.25) is 0 Å². The van der Waals surface area contributed by atoms with Crippen LogP contribution in [0, 0.1) is 6.92 Å². The first-order valence-electron chi connectivity index (χ1n) is 6.39. The maximum absolute atomic E-state index is 5.18. The van der Waals surface area contributed by atoms with Crippen LogP contribution in [0.5, 0.6) is 0 Å². The molecule has 0 saturated carbocycles. The van der Waals surface area contributed by atoms with Gasteiger partial charge < -0.3 is 10.1 Å². The average molecular weight is 277 g/mol. The van der Waals surface area contributed by atoms with Gasteiger partial charge in [-0.05, 0) is 30.4 Å². The van der Waals surface area contributed by atoms with Crippen molar-refractivity contribution in [2.75, 3.05) is 19.0 Å². The summed E-state index contributed by atoms with van der Waals surface area (Å²) in [4.78, 5) is 10.3. The van der Waals surface area contributed by atoms with E-state index in [0.29, 0.717) is 6.61 Å². The molecule has 4 nitrogen and oxygen atoms in total. The molecule has 0 atom stereocenters. The van der Waals surface area contributed by atoms with Gasteiger partial charge >= 0.3 is 0 Å². The van der Waals surface area contributed by atoms with Gasteiger partial charge in [-0.2, -0.15) is 0 Å². The number of hydrogen-bond acceptors (Lipinski definition) is 5. The van der Waals surface area contributed by atoms with Gasteiger partial charge in [-0.15, -0.1) is 11.3 Å². The zero-order valence-corrected chi connectivity index (χ0v) is 12.4. The van der Waals surface area contributed by atoms with Crippen LogP contribution in [-0.2, 0) is 11.3 Å². The lowest BCUT2D eigenvalue weighted by Gasteiger charge is -2.09. The second-order valence-electron chi connectivity index (χ2n) is 4.36. The molecule has 1 N–H and O–H groups in total. The highest BCUT2D eigenvalue weighted by molar-refractivity contribution is 7.13. The van der Waals surface area contributed by atoms with E-state index < -0.39 is 0 Å². The highest BCUT2D eigenvalue weighted by Gasteiger charge is 2.10. The van der Waals surface area contributed by atoms with Crippen LogP contribution in [0.4, 0.5) is 5.82 Å². The standard InChI is InChI=1S/C14H19N3OS/c1-4-6-15-12-8-11(9-18-3)16-14(17-12)13-10(2)5-7-19-13/h5,7-8H,4,6,9H2,1-3H3,(H,15,16,17). The largest absolute Gasteiger partial charge is 0.378 e. The maximum atomic E-state index is 5.18. The second-order valence-corrected chi connectivity index (χ2v) is 5.28. The van der Waals surface area contributed by atoms with Gasteiger partial charge in [-0.3, -0.25) is 0 Å². The van der Waals surface area contributed by atoms with E-state index >= 15 is 0 Å². The Labute approximate surface area is 117 Å². The molecule has 0 unspecified atom stereocenters. The number of ether oxygens (including phenoxy) is 1. The molecule has 2 rings (SSSR count). The van der Waals surface area contributed by atoms with Crippen LogP contribution in [0.2, 0.25) is 0 Å². The Hall–Kier alpha value is -1.46. The van der Waals surface area contributed by atoms with Crippen molar-refractivity contribution in [3.05, 3.63) is 28.8 Å². The van der Waals surface area contributed by atoms with Crippen molar-refractivity contribution in [3.63, 3.8) is 0 Å². The molecule has 2 aromatic rings. The Morgan fingerprint density at radius 3 is 2.84 bits per heavy atom. The van der Waals surface area contributed by atoms with Gasteiger partial charge in [0.15, 0.2) is 5.82 Å². The van der Waals surface area contributed by atoms with E-state index in [1.165, 1.54) is 5.56 Å². The summed E-state index contributed by atoms with van der Waals surface area (Å²) >= 11 is 1.67. The van der Waals surface area contributed by atoms with Crippen molar-refractivity contribution in [3.8, 4) is 10.7 Å². The van der Waals surface area contributed by atoms with E-state index in [9.17, 15) is 0 Å². The van der Waals surface area contributed by atoms with Gasteiger partial charge in [0.05, 0.1) is 17.2 Å². The summed E-state index contributed by atoms with van der Waals surface area (Å²) in [5.41, 5.74) is 2.11. The fraction of sp³-hybridized carbons (Fsp3) is 0.429. The Kier molecular flexibility index (Phi) is 4.87. The zero-order chi connectivity index (χ0) is 13.7. The predicted octanol–water partition coefficient (Wildman–Crippen LogP) is 3.48. The van der Waals surface area contributed by atoms with Crippen molar-refractivity contribution in [1.29, 1.82) is 0 Å². The van der Waals surface area contributed by atoms with Crippen molar-refractivity contribution in [1.82, 2.24) is 9.97 Å². The smallest absolute Gasteiger partial charge is 0.172 e. The van der Waals surface area contributed by atoms with Crippen LogP contribution in [0.3, 0.4) is 0 Å². The molecule has 2 aromatic heterocycles. The average Bonchev–Trinajstić information content (AvgIpc) is 2.83. The quantitative estimate of drug-likeness (QED) is 0.878. The molecular formula is C14H19N3OS. The number of nitrogens with zero attached hydrogens (tertiary/aromatic N) is 2. The lowest BCUT2D eigenvalue weighted by atomic mass is 10.2. The second kappa shape index (κ2) is 6.63. The number of hydrogen-bond donors (Lipinski definition) is 1. The van der Waals surface area contributed by atoms with E-state index in [2.05, 4.69) is 40.6 Å². The Morgan fingerprint density at radius 2 is 2.21 bits per heavy atom. The van der Waals surface area contributed by atoms with Crippen LogP contribution < -0.4 is 5.32 Å². The van der Waals surface area contributed by atoms with Gasteiger partial charge in [-0.1, -0.05) is 6.92 Å². The van der Waals surface area contributed by atoms with Gasteiger partial charge in [0.25, 0.3) is 0 Å². The zero-order valence-electron chi connectivity index (χ0n) is 11.6. The molecule has 0 aliphatic carbocycles. The first kappa shape index (κ1) is 14.0. The van der Waals surface area contributed by atoms with Gasteiger partial charge in [-0.25, -0.2) is 9.97 Å². The number of aryl methyl sites for hydroxylation is 1. The fourth-order valence-electron chi connectivity index (χ4n) is 1.77. The van der Waals surface area contributed by atoms with Crippen LogP contribution in [0.15, 0.2) is 17.5 Å². The molecule has 0 spiro atoms. The van der Waals surface area contributed by atoms with Crippen LogP contribution in [0.1, 0.15) is 24.6 Å². The van der Waals surface area contributed by atoms with E-state index in [-0.39, 0.29) is 0 Å². The summed E-state index contributed by atoms with van der Waals surface area (Å²) in [5.74, 6) is 1.65. The Bertz CT molecular complexity index is 539. The summed E-state index contributed by atoms with van der Waals surface area (Å²) in [6.45, 7) is 5.62. The number of thiophene rings is 1. The van der Waals surface area contributed by atoms with Crippen molar-refractivity contribution in [2.24, 2.45) is 0 Å². The molecule has 0 aliphatic heterocycles. The summed E-state index contributed by atoms with van der Waals surface area (Å²) in [6, 6.07) is 4.04. The number of methoxy groups -OCH3 is 1. The van der Waals surface area contributed by atoms with Crippen molar-refractivity contribution >= 4 is 17.2 Å². The molecule has 0 fully saturated rings. The molecule has 0 radical (unpaired) electrons. The third kappa shape index (κ3) is 3.52. The van der Waals surface area contributed by atoms with E-state index in [0.717, 1.165) is 35.2 Å². The predicted molar refractivity (Wildman–Crippen MR) is 79.6 cm³/mol. The molecule has 102 valence electrons. The molecular weight excluding hydrogens is 258 g/mol. The Balaban J connectivity index is 2.36. The normalized spacial score (nSPS) is 10.7. The fourth-order valence-corrected chi connectivity index (χ4v) is 2.63. The van der Waals surface area contributed by atoms with Crippen LogP contribution >= 0.6 is 11.3 Å². The minimum atomic E-state index is 0.501. The highest BCUT2D eigenvalue weighted by atomic mass is 32.1. The number of aromatic nitrogens is 2. The molecule has 5 heteroatoms. The first-order chi connectivity index (χ1) is 9.24. The third-order valence-electron chi connectivity index (χ3n) is 2.69. The summed E-state index contributed by atoms with van der Waals surface area (Å²) < 4.78 is 5.18. The molecule has 0 amide bonds. The van der Waals surface area contributed by atoms with Crippen molar-refractivity contribution < 1.29 is 4.74 Å². The Morgan fingerprint density at radius 1 is 1.37 bits per heavy atom. The number of rotatable bonds is 6. The number of anilines is 1. The minimum absolute atomic E-state index is 0.501. The van der Waals surface area contributed by atoms with Gasteiger partial charge in [0, 0.05) is 19.7 Å². The summed E-state index contributed by atoms with van der Waals surface area (Å²) in [7, 11) is 1.68. The highest BCUT2D eigenvalue weighted by Crippen LogP contribution is 2.27. The summed E-state index contributed by atoms with van der Waals surface area (Å²) in [5, 5.41) is 5.38. The molecule has 0 saturated heterocycles. The number of nitrogens with one attached hydrogen (secondary N) is 1. The molecule has 0 bridgehead atoms. The van der Waals surface area contributed by atoms with Crippen LogP contribution in [-0.4, -0.2) is 23.6 Å². The lowest BCUT2D eigenvalue weighted by Crippen LogP contribution is -2.06. The van der Waals surface area contributed by atoms with E-state index in [4.69, 9.17) is 4.74 Å². The maximum Gasteiger partial charge on any atom is 0.172 e. The lowest BCUT2D eigenvalue weighted by molar-refractivity contribution is 0.181. The van der Waals surface area contributed by atoms with E-state index in [1.807, 2.05) is 6.07 Å². The van der Waals surface area contributed by atoms with E-state index in [1.54, 1.807) is 18.4 Å². The van der Waals surface area contributed by atoms with Crippen molar-refractivity contribution in [2.45, 2.75) is 26.9 Å². The summed E-state index contributed by atoms with van der Waals surface area (Å²) in [6.07, 6.45) is 1.07. The first-order valence-corrected chi connectivity index (χ1v) is 7.27. The molecule has 19 heavy (non-hydrogen) atoms. The van der Waals surface area contributed by atoms with Crippen LogP contribution in [0.25, 0.3) is 10.7 Å².